The van der Waals surface area contributed by atoms with E-state index in [0.29, 0.717) is 23.7 Å². The van der Waals surface area contributed by atoms with Crippen molar-refractivity contribution in [1.82, 2.24) is 10.3 Å². The van der Waals surface area contributed by atoms with E-state index in [1.807, 2.05) is 13.8 Å². The second-order valence-electron chi connectivity index (χ2n) is 5.23. The minimum absolute atomic E-state index is 0.0517. The normalized spacial score (nSPS) is 10.7. The van der Waals surface area contributed by atoms with Gasteiger partial charge in [-0.05, 0) is 30.2 Å². The molecule has 2 rings (SSSR count). The third-order valence-corrected chi connectivity index (χ3v) is 2.96. The molecule has 4 nitrogen and oxygen atoms in total. The van der Waals surface area contributed by atoms with Crippen LogP contribution >= 0.6 is 0 Å². The number of pyridine rings is 1. The van der Waals surface area contributed by atoms with Gasteiger partial charge in [0.2, 0.25) is 0 Å². The Bertz CT molecular complexity index is 707. The molecule has 0 radical (unpaired) electrons. The number of amides is 1. The maximum absolute atomic E-state index is 13.2. The highest BCUT2D eigenvalue weighted by molar-refractivity contribution is 5.94. The lowest BCUT2D eigenvalue weighted by Crippen LogP contribution is -2.32. The van der Waals surface area contributed by atoms with Gasteiger partial charge in [0.15, 0.2) is 0 Å². The molecule has 2 aromatic rings. The number of nitrogens with one attached hydrogen (secondary N) is 2. The number of aromatic nitrogens is 1. The van der Waals surface area contributed by atoms with Crippen LogP contribution in [0.15, 0.2) is 41.2 Å². The molecule has 1 aromatic carbocycles. The Morgan fingerprint density at radius 1 is 1.29 bits per heavy atom. The molecule has 5 heteroatoms. The highest BCUT2D eigenvalue weighted by atomic mass is 19.1. The average Bonchev–Trinajstić information content (AvgIpc) is 2.44. The van der Waals surface area contributed by atoms with Crippen LogP contribution in [0, 0.1) is 11.7 Å². The molecule has 0 aliphatic heterocycles. The van der Waals surface area contributed by atoms with Gasteiger partial charge in [0.05, 0.1) is 0 Å². The first-order chi connectivity index (χ1) is 9.97. The first kappa shape index (κ1) is 15.0. The standard InChI is InChI=1S/C16H17FN2O2/c1-10(2)9-18-15(20)13-6-7-14(19-16(13)21)11-4-3-5-12(17)8-11/h3-8,10H,9H2,1-2H3,(H,18,20)(H,19,21). The van der Waals surface area contributed by atoms with Crippen LogP contribution in [-0.2, 0) is 0 Å². The van der Waals surface area contributed by atoms with Gasteiger partial charge < -0.3 is 10.3 Å². The quantitative estimate of drug-likeness (QED) is 0.908. The second kappa shape index (κ2) is 6.35. The van der Waals surface area contributed by atoms with Crippen molar-refractivity contribution in [2.24, 2.45) is 5.92 Å². The van der Waals surface area contributed by atoms with E-state index in [1.165, 1.54) is 18.2 Å². The molecule has 0 saturated carbocycles. The molecule has 0 bridgehead atoms. The molecule has 0 saturated heterocycles. The first-order valence-electron chi connectivity index (χ1n) is 6.75. The molecule has 110 valence electrons. The number of rotatable bonds is 4. The van der Waals surface area contributed by atoms with Crippen molar-refractivity contribution in [3.63, 3.8) is 0 Å². The third-order valence-electron chi connectivity index (χ3n) is 2.96. The summed E-state index contributed by atoms with van der Waals surface area (Å²) in [7, 11) is 0. The first-order valence-corrected chi connectivity index (χ1v) is 6.75. The van der Waals surface area contributed by atoms with Crippen molar-refractivity contribution >= 4 is 5.91 Å². The Morgan fingerprint density at radius 2 is 2.05 bits per heavy atom. The summed E-state index contributed by atoms with van der Waals surface area (Å²) in [5, 5.41) is 2.69. The molecule has 1 amide bonds. The number of hydrogen-bond acceptors (Lipinski definition) is 2. The molecular formula is C16H17FN2O2. The monoisotopic (exact) mass is 288 g/mol. The van der Waals surface area contributed by atoms with Crippen LogP contribution in [0.3, 0.4) is 0 Å². The van der Waals surface area contributed by atoms with Gasteiger partial charge in [0, 0.05) is 17.8 Å². The fourth-order valence-corrected chi connectivity index (χ4v) is 1.87. The lowest BCUT2D eigenvalue weighted by Gasteiger charge is -2.08. The smallest absolute Gasteiger partial charge is 0.261 e. The molecule has 0 spiro atoms. The minimum Gasteiger partial charge on any atom is -0.352 e. The third kappa shape index (κ3) is 3.78. The van der Waals surface area contributed by atoms with E-state index in [0.717, 1.165) is 0 Å². The van der Waals surface area contributed by atoms with Gasteiger partial charge in [-0.3, -0.25) is 9.59 Å². The highest BCUT2D eigenvalue weighted by Gasteiger charge is 2.11. The summed E-state index contributed by atoms with van der Waals surface area (Å²) in [6, 6.07) is 8.95. The van der Waals surface area contributed by atoms with Crippen LogP contribution in [0.4, 0.5) is 4.39 Å². The van der Waals surface area contributed by atoms with Gasteiger partial charge in [-0.2, -0.15) is 0 Å². The lowest BCUT2D eigenvalue weighted by atomic mass is 10.1. The fraction of sp³-hybridized carbons (Fsp3) is 0.250. The van der Waals surface area contributed by atoms with Gasteiger partial charge in [0.1, 0.15) is 11.4 Å². The lowest BCUT2D eigenvalue weighted by molar-refractivity contribution is 0.0947. The van der Waals surface area contributed by atoms with Crippen LogP contribution in [0.25, 0.3) is 11.3 Å². The van der Waals surface area contributed by atoms with E-state index < -0.39 is 11.5 Å². The van der Waals surface area contributed by atoms with Crippen molar-refractivity contribution < 1.29 is 9.18 Å². The molecule has 0 atom stereocenters. The van der Waals surface area contributed by atoms with Crippen molar-refractivity contribution in [2.45, 2.75) is 13.8 Å². The van der Waals surface area contributed by atoms with E-state index in [9.17, 15) is 14.0 Å². The molecule has 0 aliphatic rings. The number of carbonyl (C=O) groups is 1. The minimum atomic E-state index is -0.488. The number of carbonyl (C=O) groups excluding carboxylic acids is 1. The van der Waals surface area contributed by atoms with Crippen molar-refractivity contribution in [2.75, 3.05) is 6.54 Å². The number of halogens is 1. The molecule has 0 fully saturated rings. The maximum atomic E-state index is 13.2. The topological polar surface area (TPSA) is 62.0 Å². The second-order valence-corrected chi connectivity index (χ2v) is 5.23. The van der Waals surface area contributed by atoms with Crippen LogP contribution in [0.5, 0.6) is 0 Å². The average molecular weight is 288 g/mol. The largest absolute Gasteiger partial charge is 0.352 e. The van der Waals surface area contributed by atoms with Gasteiger partial charge in [-0.25, -0.2) is 4.39 Å². The summed E-state index contributed by atoms with van der Waals surface area (Å²) in [6.45, 7) is 4.44. The summed E-state index contributed by atoms with van der Waals surface area (Å²) in [5.74, 6) is -0.484. The number of aromatic amines is 1. The van der Waals surface area contributed by atoms with Gasteiger partial charge in [0.25, 0.3) is 11.5 Å². The van der Waals surface area contributed by atoms with Crippen LogP contribution in [0.2, 0.25) is 0 Å². The van der Waals surface area contributed by atoms with E-state index >= 15 is 0 Å². The number of benzene rings is 1. The summed E-state index contributed by atoms with van der Waals surface area (Å²) in [4.78, 5) is 26.5. The number of H-pyrrole nitrogens is 1. The summed E-state index contributed by atoms with van der Waals surface area (Å²) < 4.78 is 13.2. The summed E-state index contributed by atoms with van der Waals surface area (Å²) in [5.41, 5.74) is 0.593. The zero-order chi connectivity index (χ0) is 15.4. The van der Waals surface area contributed by atoms with E-state index in [-0.39, 0.29) is 11.4 Å². The molecule has 0 aliphatic carbocycles. The Morgan fingerprint density at radius 3 is 2.67 bits per heavy atom. The molecule has 1 aromatic heterocycles. The highest BCUT2D eigenvalue weighted by Crippen LogP contribution is 2.16. The Balaban J connectivity index is 2.26. The van der Waals surface area contributed by atoms with Crippen LogP contribution in [0.1, 0.15) is 24.2 Å². The van der Waals surface area contributed by atoms with E-state index in [1.54, 1.807) is 18.2 Å². The predicted molar refractivity (Wildman–Crippen MR) is 79.6 cm³/mol. The van der Waals surface area contributed by atoms with Crippen LogP contribution in [-0.4, -0.2) is 17.4 Å². The fourth-order valence-electron chi connectivity index (χ4n) is 1.87. The van der Waals surface area contributed by atoms with Crippen molar-refractivity contribution in [3.8, 4) is 11.3 Å². The molecular weight excluding hydrogens is 271 g/mol. The SMILES string of the molecule is CC(C)CNC(=O)c1ccc(-c2cccc(F)c2)[nH]c1=O. The van der Waals surface area contributed by atoms with E-state index in [2.05, 4.69) is 10.3 Å². The predicted octanol–water partition coefficient (Wildman–Crippen LogP) is 2.57. The summed E-state index contributed by atoms with van der Waals surface area (Å²) >= 11 is 0. The Kier molecular flexibility index (Phi) is 4.52. The molecule has 21 heavy (non-hydrogen) atoms. The Labute approximate surface area is 122 Å². The zero-order valence-electron chi connectivity index (χ0n) is 11.9. The molecule has 0 unspecified atom stereocenters. The summed E-state index contributed by atoms with van der Waals surface area (Å²) in [6.07, 6.45) is 0. The van der Waals surface area contributed by atoms with Crippen molar-refractivity contribution in [1.29, 1.82) is 0 Å². The van der Waals surface area contributed by atoms with Crippen LogP contribution < -0.4 is 10.9 Å². The van der Waals surface area contributed by atoms with Gasteiger partial charge in [-0.15, -0.1) is 0 Å². The molecule has 2 N–H and O–H groups in total. The van der Waals surface area contributed by atoms with Gasteiger partial charge >= 0.3 is 0 Å². The van der Waals surface area contributed by atoms with E-state index in [4.69, 9.17) is 0 Å². The zero-order valence-corrected chi connectivity index (χ0v) is 11.9. The van der Waals surface area contributed by atoms with Gasteiger partial charge in [-0.1, -0.05) is 26.0 Å². The maximum Gasteiger partial charge on any atom is 0.261 e. The molecule has 1 heterocycles. The Hall–Kier alpha value is -2.43. The number of hydrogen-bond donors (Lipinski definition) is 2. The van der Waals surface area contributed by atoms with Crippen molar-refractivity contribution in [3.05, 3.63) is 58.1 Å².